The van der Waals surface area contributed by atoms with Crippen LogP contribution in [0.1, 0.15) is 21.7 Å². The number of carbonyl (C=O) groups is 2. The van der Waals surface area contributed by atoms with E-state index in [4.69, 9.17) is 20.8 Å². The van der Waals surface area contributed by atoms with Crippen LogP contribution in [-0.2, 0) is 9.53 Å². The summed E-state index contributed by atoms with van der Waals surface area (Å²) < 4.78 is 10.5. The first-order valence-corrected chi connectivity index (χ1v) is 10.3. The minimum absolute atomic E-state index is 0.229. The Morgan fingerprint density at radius 1 is 1.17 bits per heavy atom. The summed E-state index contributed by atoms with van der Waals surface area (Å²) in [6.07, 6.45) is 1.44. The number of furan rings is 1. The van der Waals surface area contributed by atoms with E-state index in [0.29, 0.717) is 22.1 Å². The third-order valence-electron chi connectivity index (χ3n) is 4.10. The van der Waals surface area contributed by atoms with E-state index < -0.39 is 0 Å². The van der Waals surface area contributed by atoms with Crippen molar-refractivity contribution in [2.75, 3.05) is 12.9 Å². The second-order valence-corrected chi connectivity index (χ2v) is 7.74. The lowest BCUT2D eigenvalue weighted by molar-refractivity contribution is -0.118. The number of ether oxygens (including phenoxy) is 1. The number of nitrogens with zero attached hydrogens (tertiary/aromatic N) is 1. The first kappa shape index (κ1) is 21.7. The first-order valence-electron chi connectivity index (χ1n) is 8.95. The molecule has 2 aromatic carbocycles. The summed E-state index contributed by atoms with van der Waals surface area (Å²) in [5, 5.41) is 4.59. The minimum Gasteiger partial charge on any atom is -0.465 e. The van der Waals surface area contributed by atoms with Crippen molar-refractivity contribution in [2.45, 2.75) is 11.8 Å². The first-order chi connectivity index (χ1) is 14.5. The maximum absolute atomic E-state index is 11.9. The van der Waals surface area contributed by atoms with Gasteiger partial charge in [0.2, 0.25) is 5.91 Å². The molecule has 0 atom stereocenters. The molecular weight excluding hydrogens is 424 g/mol. The van der Waals surface area contributed by atoms with Gasteiger partial charge in [-0.15, -0.1) is 11.8 Å². The van der Waals surface area contributed by atoms with Crippen LogP contribution in [0.3, 0.4) is 0 Å². The fourth-order valence-corrected chi connectivity index (χ4v) is 3.45. The standard InChI is InChI=1S/C22H19ClN2O4S/c1-14-11-15(22(27)28-2)3-9-19(14)20-10-6-17(29-20)12-24-25-21(26)13-30-18-7-4-16(23)5-8-18/h3-12H,13H2,1-2H3,(H,25,26)/b24-12-. The van der Waals surface area contributed by atoms with Crippen LogP contribution in [-0.4, -0.2) is 31.0 Å². The molecule has 0 bridgehead atoms. The van der Waals surface area contributed by atoms with Crippen molar-refractivity contribution in [1.82, 2.24) is 5.43 Å². The molecule has 0 aliphatic heterocycles. The van der Waals surface area contributed by atoms with E-state index in [2.05, 4.69) is 10.5 Å². The topological polar surface area (TPSA) is 80.9 Å². The average molecular weight is 443 g/mol. The molecule has 0 radical (unpaired) electrons. The molecule has 0 aliphatic carbocycles. The number of aryl methyl sites for hydroxylation is 1. The summed E-state index contributed by atoms with van der Waals surface area (Å²) in [6.45, 7) is 1.89. The summed E-state index contributed by atoms with van der Waals surface area (Å²) in [7, 11) is 1.35. The second-order valence-electron chi connectivity index (χ2n) is 6.26. The van der Waals surface area contributed by atoms with E-state index in [-0.39, 0.29) is 17.6 Å². The zero-order chi connectivity index (χ0) is 21.5. The third-order valence-corrected chi connectivity index (χ3v) is 5.37. The van der Waals surface area contributed by atoms with Gasteiger partial charge in [0.05, 0.1) is 24.6 Å². The highest BCUT2D eigenvalue weighted by Crippen LogP contribution is 2.26. The average Bonchev–Trinajstić information content (AvgIpc) is 3.21. The third kappa shape index (κ3) is 5.75. The highest BCUT2D eigenvalue weighted by molar-refractivity contribution is 8.00. The lowest BCUT2D eigenvalue weighted by atomic mass is 10.0. The fourth-order valence-electron chi connectivity index (χ4n) is 2.63. The van der Waals surface area contributed by atoms with Crippen LogP contribution in [0.25, 0.3) is 11.3 Å². The lowest BCUT2D eigenvalue weighted by Gasteiger charge is -2.05. The molecule has 0 unspecified atom stereocenters. The monoisotopic (exact) mass is 442 g/mol. The summed E-state index contributed by atoms with van der Waals surface area (Å²) in [6, 6.07) is 16.1. The number of halogens is 1. The van der Waals surface area contributed by atoms with Gasteiger partial charge in [-0.25, -0.2) is 10.2 Å². The molecule has 3 rings (SSSR count). The molecule has 0 spiro atoms. The van der Waals surface area contributed by atoms with Crippen molar-refractivity contribution in [3.63, 3.8) is 0 Å². The van der Waals surface area contributed by atoms with Crippen molar-refractivity contribution in [3.05, 3.63) is 76.5 Å². The van der Waals surface area contributed by atoms with Crippen LogP contribution < -0.4 is 5.43 Å². The number of amides is 1. The molecule has 30 heavy (non-hydrogen) atoms. The lowest BCUT2D eigenvalue weighted by Crippen LogP contribution is -2.19. The number of esters is 1. The van der Waals surface area contributed by atoms with E-state index in [1.54, 1.807) is 42.5 Å². The van der Waals surface area contributed by atoms with E-state index >= 15 is 0 Å². The zero-order valence-corrected chi connectivity index (χ0v) is 17.9. The Balaban J connectivity index is 1.56. The molecule has 0 saturated heterocycles. The number of benzene rings is 2. The molecule has 0 saturated carbocycles. The van der Waals surface area contributed by atoms with Crippen molar-refractivity contribution >= 4 is 41.5 Å². The van der Waals surface area contributed by atoms with E-state index in [1.807, 2.05) is 19.1 Å². The van der Waals surface area contributed by atoms with Gasteiger partial charge in [0.1, 0.15) is 11.5 Å². The molecule has 8 heteroatoms. The van der Waals surface area contributed by atoms with E-state index in [9.17, 15) is 9.59 Å². The zero-order valence-electron chi connectivity index (χ0n) is 16.3. The molecule has 3 aromatic rings. The van der Waals surface area contributed by atoms with Crippen molar-refractivity contribution < 1.29 is 18.7 Å². The molecule has 0 fully saturated rings. The molecule has 1 N–H and O–H groups in total. The summed E-state index contributed by atoms with van der Waals surface area (Å²) in [5.41, 5.74) is 4.68. The van der Waals surface area contributed by atoms with Crippen LogP contribution in [0.2, 0.25) is 5.02 Å². The number of hydrazone groups is 1. The highest BCUT2D eigenvalue weighted by Gasteiger charge is 2.11. The van der Waals surface area contributed by atoms with Gasteiger partial charge >= 0.3 is 5.97 Å². The fraction of sp³-hybridized carbons (Fsp3) is 0.136. The quantitative estimate of drug-likeness (QED) is 0.242. The highest BCUT2D eigenvalue weighted by atomic mass is 35.5. The Bertz CT molecular complexity index is 1080. The van der Waals surface area contributed by atoms with Crippen LogP contribution in [0.15, 0.2) is 69.0 Å². The maximum Gasteiger partial charge on any atom is 0.337 e. The number of methoxy groups -OCH3 is 1. The maximum atomic E-state index is 11.9. The number of carbonyl (C=O) groups excluding carboxylic acids is 2. The van der Waals surface area contributed by atoms with Crippen LogP contribution in [0.5, 0.6) is 0 Å². The van der Waals surface area contributed by atoms with Crippen molar-refractivity contribution in [2.24, 2.45) is 5.10 Å². The van der Waals surface area contributed by atoms with Gasteiger partial charge < -0.3 is 9.15 Å². The van der Waals surface area contributed by atoms with Gasteiger partial charge in [0, 0.05) is 15.5 Å². The molecule has 1 heterocycles. The van der Waals surface area contributed by atoms with Crippen molar-refractivity contribution in [3.8, 4) is 11.3 Å². The number of hydrogen-bond donors (Lipinski definition) is 1. The largest absolute Gasteiger partial charge is 0.465 e. The number of thioether (sulfide) groups is 1. The molecule has 154 valence electrons. The predicted octanol–water partition coefficient (Wildman–Crippen LogP) is 4.94. The Morgan fingerprint density at radius 2 is 1.93 bits per heavy atom. The van der Waals surface area contributed by atoms with Gasteiger partial charge in [-0.3, -0.25) is 4.79 Å². The Morgan fingerprint density at radius 3 is 2.63 bits per heavy atom. The Hall–Kier alpha value is -3.03. The number of nitrogens with one attached hydrogen (secondary N) is 1. The second kappa shape index (κ2) is 10.1. The smallest absolute Gasteiger partial charge is 0.337 e. The molecule has 1 amide bonds. The van der Waals surface area contributed by atoms with Gasteiger partial charge in [-0.05, 0) is 61.0 Å². The van der Waals surface area contributed by atoms with Gasteiger partial charge in [0.25, 0.3) is 0 Å². The molecule has 1 aromatic heterocycles. The molecular formula is C22H19ClN2O4S. The van der Waals surface area contributed by atoms with Gasteiger partial charge in [-0.1, -0.05) is 17.7 Å². The van der Waals surface area contributed by atoms with Gasteiger partial charge in [0.15, 0.2) is 0 Å². The predicted molar refractivity (Wildman–Crippen MR) is 118 cm³/mol. The van der Waals surface area contributed by atoms with Crippen LogP contribution >= 0.6 is 23.4 Å². The minimum atomic E-state index is -0.387. The number of hydrogen-bond acceptors (Lipinski definition) is 6. The Labute approximate surface area is 183 Å². The van der Waals surface area contributed by atoms with Gasteiger partial charge in [-0.2, -0.15) is 5.10 Å². The van der Waals surface area contributed by atoms with Crippen LogP contribution in [0, 0.1) is 6.92 Å². The van der Waals surface area contributed by atoms with E-state index in [0.717, 1.165) is 16.0 Å². The SMILES string of the molecule is COC(=O)c1ccc(-c2ccc(/C=N\NC(=O)CSc3ccc(Cl)cc3)o2)c(C)c1. The Kier molecular flexibility index (Phi) is 7.32. The van der Waals surface area contributed by atoms with Crippen LogP contribution in [0.4, 0.5) is 0 Å². The summed E-state index contributed by atoms with van der Waals surface area (Å²) >= 11 is 7.23. The van der Waals surface area contributed by atoms with Crippen molar-refractivity contribution in [1.29, 1.82) is 0 Å². The normalized spacial score (nSPS) is 10.9. The molecule has 0 aliphatic rings. The molecule has 6 nitrogen and oxygen atoms in total. The van der Waals surface area contributed by atoms with E-state index in [1.165, 1.54) is 25.1 Å². The number of rotatable bonds is 7. The summed E-state index contributed by atoms with van der Waals surface area (Å²) in [5.74, 6) is 0.741. The summed E-state index contributed by atoms with van der Waals surface area (Å²) in [4.78, 5) is 24.5.